The number of nitrogens with zero attached hydrogens (tertiary/aromatic N) is 1. The minimum atomic E-state index is 0.815. The predicted molar refractivity (Wildman–Crippen MR) is 68.9 cm³/mol. The summed E-state index contributed by atoms with van der Waals surface area (Å²) in [7, 11) is 1.65. The fraction of sp³-hybridized carbons (Fsp3) is 0.0833. The number of ether oxygens (including phenoxy) is 1. The van der Waals surface area contributed by atoms with E-state index in [1.807, 2.05) is 42.5 Å². The van der Waals surface area contributed by atoms with Gasteiger partial charge in [-0.15, -0.1) is 0 Å². The van der Waals surface area contributed by atoms with Gasteiger partial charge in [-0.1, -0.05) is 30.3 Å². The van der Waals surface area contributed by atoms with Crippen LogP contribution in [-0.2, 0) is 0 Å². The van der Waals surface area contributed by atoms with Crippen LogP contribution in [0.15, 0.2) is 42.5 Å². The molecule has 0 fully saturated rings. The maximum atomic E-state index is 5.17. The summed E-state index contributed by atoms with van der Waals surface area (Å²) in [5.41, 5.74) is 2.10. The minimum Gasteiger partial charge on any atom is -0.494 e. The summed E-state index contributed by atoms with van der Waals surface area (Å²) < 4.78 is 6.05. The number of hydrogen-bond acceptors (Lipinski definition) is 2. The molecule has 0 N–H and O–H groups in total. The van der Waals surface area contributed by atoms with Gasteiger partial charge >= 0.3 is 0 Å². The topological polar surface area (TPSA) is 22.1 Å². The van der Waals surface area contributed by atoms with Crippen molar-refractivity contribution in [3.05, 3.63) is 46.2 Å². The van der Waals surface area contributed by atoms with Gasteiger partial charge in [-0.05, 0) is 34.7 Å². The molecule has 76 valence electrons. The molecule has 0 amide bonds. The lowest BCUT2D eigenvalue weighted by atomic mass is 10.1. The van der Waals surface area contributed by atoms with Crippen molar-refractivity contribution in [3.8, 4) is 17.0 Å². The molecule has 0 saturated heterocycles. The molecular formula is C12H10INO. The average Bonchev–Trinajstić information content (AvgIpc) is 2.30. The van der Waals surface area contributed by atoms with Gasteiger partial charge in [0.1, 0.15) is 3.70 Å². The first kappa shape index (κ1) is 10.4. The number of halogens is 1. The second-order valence-electron chi connectivity index (χ2n) is 3.06. The molecule has 0 spiro atoms. The van der Waals surface area contributed by atoms with Crippen LogP contribution in [0.3, 0.4) is 0 Å². The molecule has 2 rings (SSSR count). The summed E-state index contributed by atoms with van der Waals surface area (Å²) in [5, 5.41) is 0. The Morgan fingerprint density at radius 1 is 1.07 bits per heavy atom. The van der Waals surface area contributed by atoms with Crippen molar-refractivity contribution in [1.82, 2.24) is 4.98 Å². The molecule has 2 nitrogen and oxygen atoms in total. The normalized spacial score (nSPS) is 10.0. The van der Waals surface area contributed by atoms with Gasteiger partial charge in [0, 0.05) is 5.56 Å². The molecular weight excluding hydrogens is 301 g/mol. The van der Waals surface area contributed by atoms with Crippen LogP contribution in [0.25, 0.3) is 11.3 Å². The van der Waals surface area contributed by atoms with Gasteiger partial charge in [0.2, 0.25) is 0 Å². The SMILES string of the molecule is COc1ccc(-c2ccccc2)nc1I. The van der Waals surface area contributed by atoms with Gasteiger partial charge in [0.05, 0.1) is 12.8 Å². The third-order valence-corrected chi connectivity index (χ3v) is 2.88. The Bertz CT molecular complexity index is 456. The maximum absolute atomic E-state index is 5.17. The monoisotopic (exact) mass is 311 g/mol. The van der Waals surface area contributed by atoms with E-state index in [1.165, 1.54) is 0 Å². The van der Waals surface area contributed by atoms with Crippen LogP contribution in [0.5, 0.6) is 5.75 Å². The molecule has 0 aliphatic heterocycles. The third-order valence-electron chi connectivity index (χ3n) is 2.10. The van der Waals surface area contributed by atoms with Crippen LogP contribution in [0, 0.1) is 3.70 Å². The molecule has 3 heteroatoms. The van der Waals surface area contributed by atoms with Crippen LogP contribution in [0.4, 0.5) is 0 Å². The van der Waals surface area contributed by atoms with E-state index in [0.29, 0.717) is 0 Å². The number of benzene rings is 1. The fourth-order valence-corrected chi connectivity index (χ4v) is 2.00. The first-order chi connectivity index (χ1) is 7.31. The Morgan fingerprint density at radius 2 is 1.80 bits per heavy atom. The minimum absolute atomic E-state index is 0.815. The molecule has 0 radical (unpaired) electrons. The first-order valence-corrected chi connectivity index (χ1v) is 5.65. The van der Waals surface area contributed by atoms with E-state index in [9.17, 15) is 0 Å². The Balaban J connectivity index is 2.43. The van der Waals surface area contributed by atoms with Crippen LogP contribution >= 0.6 is 22.6 Å². The molecule has 0 atom stereocenters. The van der Waals surface area contributed by atoms with E-state index in [1.54, 1.807) is 7.11 Å². The highest BCUT2D eigenvalue weighted by molar-refractivity contribution is 14.1. The van der Waals surface area contributed by atoms with Crippen molar-refractivity contribution in [3.63, 3.8) is 0 Å². The highest BCUT2D eigenvalue weighted by Gasteiger charge is 2.03. The zero-order valence-electron chi connectivity index (χ0n) is 8.27. The average molecular weight is 311 g/mol. The lowest BCUT2D eigenvalue weighted by Crippen LogP contribution is -1.92. The quantitative estimate of drug-likeness (QED) is 0.627. The Labute approximate surface area is 102 Å². The molecule has 0 bridgehead atoms. The molecule has 15 heavy (non-hydrogen) atoms. The van der Waals surface area contributed by atoms with E-state index in [-0.39, 0.29) is 0 Å². The van der Waals surface area contributed by atoms with Crippen molar-refractivity contribution >= 4 is 22.6 Å². The maximum Gasteiger partial charge on any atom is 0.150 e. The van der Waals surface area contributed by atoms with Crippen molar-refractivity contribution in [1.29, 1.82) is 0 Å². The third kappa shape index (κ3) is 2.28. The first-order valence-electron chi connectivity index (χ1n) is 4.57. The zero-order chi connectivity index (χ0) is 10.7. The number of methoxy groups -OCH3 is 1. The fourth-order valence-electron chi connectivity index (χ4n) is 1.34. The Kier molecular flexibility index (Phi) is 3.20. The molecule has 0 saturated carbocycles. The van der Waals surface area contributed by atoms with Gasteiger partial charge in [-0.3, -0.25) is 0 Å². The predicted octanol–water partition coefficient (Wildman–Crippen LogP) is 3.36. The van der Waals surface area contributed by atoms with E-state index < -0.39 is 0 Å². The lowest BCUT2D eigenvalue weighted by molar-refractivity contribution is 0.409. The summed E-state index contributed by atoms with van der Waals surface area (Å²) in [6, 6.07) is 14.0. The van der Waals surface area contributed by atoms with Crippen LogP contribution < -0.4 is 4.74 Å². The zero-order valence-corrected chi connectivity index (χ0v) is 10.4. The summed E-state index contributed by atoms with van der Waals surface area (Å²) in [5.74, 6) is 0.815. The van der Waals surface area contributed by atoms with E-state index in [2.05, 4.69) is 27.6 Å². The Hall–Kier alpha value is -1.10. The summed E-state index contributed by atoms with van der Waals surface area (Å²) in [6.07, 6.45) is 0. The van der Waals surface area contributed by atoms with Crippen molar-refractivity contribution in [2.75, 3.05) is 7.11 Å². The molecule has 1 aromatic carbocycles. The van der Waals surface area contributed by atoms with E-state index in [0.717, 1.165) is 20.7 Å². The molecule has 1 aromatic heterocycles. The molecule has 1 heterocycles. The molecule has 0 unspecified atom stereocenters. The second-order valence-corrected chi connectivity index (χ2v) is 4.08. The number of rotatable bonds is 2. The van der Waals surface area contributed by atoms with E-state index in [4.69, 9.17) is 4.74 Å². The Morgan fingerprint density at radius 3 is 2.40 bits per heavy atom. The number of aromatic nitrogens is 1. The number of pyridine rings is 1. The second kappa shape index (κ2) is 4.61. The molecule has 0 aliphatic carbocycles. The molecule has 0 aliphatic rings. The smallest absolute Gasteiger partial charge is 0.150 e. The summed E-state index contributed by atoms with van der Waals surface area (Å²) >= 11 is 2.18. The van der Waals surface area contributed by atoms with Crippen LogP contribution in [0.2, 0.25) is 0 Å². The standard InChI is InChI=1S/C12H10INO/c1-15-11-8-7-10(14-12(11)13)9-5-3-2-4-6-9/h2-8H,1H3. The van der Waals surface area contributed by atoms with Crippen LogP contribution in [-0.4, -0.2) is 12.1 Å². The van der Waals surface area contributed by atoms with Crippen molar-refractivity contribution < 1.29 is 4.74 Å². The van der Waals surface area contributed by atoms with Crippen molar-refractivity contribution in [2.24, 2.45) is 0 Å². The van der Waals surface area contributed by atoms with E-state index >= 15 is 0 Å². The lowest BCUT2D eigenvalue weighted by Gasteiger charge is -2.05. The van der Waals surface area contributed by atoms with Gasteiger partial charge in [0.15, 0.2) is 5.75 Å². The summed E-state index contributed by atoms with van der Waals surface area (Å²) in [6.45, 7) is 0. The highest BCUT2D eigenvalue weighted by Crippen LogP contribution is 2.23. The summed E-state index contributed by atoms with van der Waals surface area (Å²) in [4.78, 5) is 4.48. The number of hydrogen-bond donors (Lipinski definition) is 0. The van der Waals surface area contributed by atoms with Crippen molar-refractivity contribution in [2.45, 2.75) is 0 Å². The van der Waals surface area contributed by atoms with Gasteiger partial charge in [0.25, 0.3) is 0 Å². The largest absolute Gasteiger partial charge is 0.494 e. The van der Waals surface area contributed by atoms with Crippen LogP contribution in [0.1, 0.15) is 0 Å². The van der Waals surface area contributed by atoms with Gasteiger partial charge in [-0.25, -0.2) is 4.98 Å². The van der Waals surface area contributed by atoms with Gasteiger partial charge < -0.3 is 4.74 Å². The molecule has 2 aromatic rings. The van der Waals surface area contributed by atoms with Gasteiger partial charge in [-0.2, -0.15) is 0 Å². The highest BCUT2D eigenvalue weighted by atomic mass is 127.